The first-order valence-corrected chi connectivity index (χ1v) is 14.8. The molecule has 2 aliphatic heterocycles. The Bertz CT molecular complexity index is 1210. The molecule has 15 heteroatoms. The monoisotopic (exact) mass is 592 g/mol. The van der Waals surface area contributed by atoms with Crippen LogP contribution in [0, 0.1) is 5.92 Å². The maximum Gasteiger partial charge on any atom is 0.490 e. The minimum atomic E-state index is -5.08. The molecule has 4 heterocycles. The summed E-state index contributed by atoms with van der Waals surface area (Å²) >= 11 is 1.10. The zero-order chi connectivity index (χ0) is 28.6. The summed E-state index contributed by atoms with van der Waals surface area (Å²) in [4.78, 5) is 29.7. The van der Waals surface area contributed by atoms with Gasteiger partial charge in [-0.15, -0.1) is 11.3 Å². The van der Waals surface area contributed by atoms with E-state index < -0.39 is 28.1 Å². The molecule has 2 aliphatic rings. The van der Waals surface area contributed by atoms with Crippen LogP contribution >= 0.6 is 11.3 Å². The molecule has 0 bridgehead atoms. The predicted octanol–water partition coefficient (Wildman–Crippen LogP) is 4.37. The first kappa shape index (κ1) is 30.6. The molecule has 39 heavy (non-hydrogen) atoms. The summed E-state index contributed by atoms with van der Waals surface area (Å²) in [5.41, 5.74) is 0.166. The number of hydrogen-bond donors (Lipinski definition) is 3. The largest absolute Gasteiger partial charge is 0.490 e. The number of aromatic nitrogens is 1. The standard InChI is InChI=1S/C22H30N4O4S2.C2HF3O2/c27-22(28)19-15-18(24-32(29,30)20-5-4-14-31-20)16-23-21(19)26-12-7-17(8-13-26)6-11-25-9-2-1-3-10-25;3-2(4,5)1(6)7/h4-5,14-17,24H,1-3,6-13H2,(H,27,28);(H,6,7). The average molecular weight is 593 g/mol. The van der Waals surface area contributed by atoms with Crippen LogP contribution in [0.25, 0.3) is 0 Å². The zero-order valence-electron chi connectivity index (χ0n) is 21.1. The molecule has 2 aromatic heterocycles. The topological polar surface area (TPSA) is 140 Å². The van der Waals surface area contributed by atoms with Crippen LogP contribution in [0.1, 0.15) is 48.9 Å². The number of aromatic carboxylic acids is 1. The number of nitrogens with one attached hydrogen (secondary N) is 1. The van der Waals surface area contributed by atoms with Crippen molar-refractivity contribution in [3.63, 3.8) is 0 Å². The highest BCUT2D eigenvalue weighted by Crippen LogP contribution is 2.29. The van der Waals surface area contributed by atoms with Crippen LogP contribution < -0.4 is 9.62 Å². The van der Waals surface area contributed by atoms with E-state index in [1.165, 1.54) is 57.1 Å². The second kappa shape index (κ2) is 13.4. The van der Waals surface area contributed by atoms with Gasteiger partial charge in [-0.3, -0.25) is 4.72 Å². The molecule has 0 atom stereocenters. The molecule has 4 rings (SSSR count). The fraction of sp³-hybridized carbons (Fsp3) is 0.542. The van der Waals surface area contributed by atoms with Gasteiger partial charge in [0, 0.05) is 13.1 Å². The van der Waals surface area contributed by atoms with Crippen LogP contribution in [-0.4, -0.2) is 79.4 Å². The summed E-state index contributed by atoms with van der Waals surface area (Å²) in [7, 11) is -3.76. The van der Waals surface area contributed by atoms with Crippen LogP contribution in [0.3, 0.4) is 0 Å². The highest BCUT2D eigenvalue weighted by atomic mass is 32.2. The van der Waals surface area contributed by atoms with E-state index in [1.807, 2.05) is 4.90 Å². The number of anilines is 2. The van der Waals surface area contributed by atoms with E-state index in [9.17, 15) is 31.5 Å². The fourth-order valence-corrected chi connectivity index (χ4v) is 6.55. The Labute approximate surface area is 228 Å². The van der Waals surface area contributed by atoms with Crippen molar-refractivity contribution in [2.24, 2.45) is 5.92 Å². The third kappa shape index (κ3) is 9.07. The lowest BCUT2D eigenvalue weighted by Crippen LogP contribution is -2.37. The van der Waals surface area contributed by atoms with Crippen molar-refractivity contribution in [3.05, 3.63) is 35.3 Å². The number of aliphatic carboxylic acids is 1. The van der Waals surface area contributed by atoms with Crippen LogP contribution in [0.5, 0.6) is 0 Å². The first-order valence-electron chi connectivity index (χ1n) is 12.4. The van der Waals surface area contributed by atoms with E-state index in [-0.39, 0.29) is 15.5 Å². The Balaban J connectivity index is 0.000000532. The number of carboxylic acid groups (broad SMARTS) is 2. The molecular weight excluding hydrogens is 561 g/mol. The summed E-state index contributed by atoms with van der Waals surface area (Å²) in [6, 6.07) is 4.51. The number of sulfonamides is 1. The highest BCUT2D eigenvalue weighted by Gasteiger charge is 2.38. The van der Waals surface area contributed by atoms with Gasteiger partial charge in [0.1, 0.15) is 15.6 Å². The maximum atomic E-state index is 12.5. The van der Waals surface area contributed by atoms with E-state index in [0.29, 0.717) is 11.7 Å². The van der Waals surface area contributed by atoms with Crippen molar-refractivity contribution in [2.45, 2.75) is 48.9 Å². The summed E-state index contributed by atoms with van der Waals surface area (Å²) in [6.07, 6.45) is 3.50. The molecule has 0 radical (unpaired) electrons. The summed E-state index contributed by atoms with van der Waals surface area (Å²) in [6.45, 7) is 5.11. The van der Waals surface area contributed by atoms with Gasteiger partial charge in [-0.1, -0.05) is 12.5 Å². The number of hydrogen-bond acceptors (Lipinski definition) is 8. The number of rotatable bonds is 8. The lowest BCUT2D eigenvalue weighted by Gasteiger charge is -2.35. The fourth-order valence-electron chi connectivity index (χ4n) is 4.53. The minimum absolute atomic E-state index is 0.0168. The zero-order valence-corrected chi connectivity index (χ0v) is 22.7. The van der Waals surface area contributed by atoms with E-state index >= 15 is 0 Å². The Morgan fingerprint density at radius 1 is 1.10 bits per heavy atom. The van der Waals surface area contributed by atoms with Crippen LogP contribution in [0.15, 0.2) is 34.0 Å². The maximum absolute atomic E-state index is 12.5. The van der Waals surface area contributed by atoms with Crippen LogP contribution in [0.4, 0.5) is 24.7 Å². The third-order valence-electron chi connectivity index (χ3n) is 6.57. The van der Waals surface area contributed by atoms with E-state index in [2.05, 4.69) is 14.6 Å². The van der Waals surface area contributed by atoms with Gasteiger partial charge in [-0.2, -0.15) is 13.2 Å². The number of alkyl halides is 3. The predicted molar refractivity (Wildman–Crippen MR) is 140 cm³/mol. The molecule has 216 valence electrons. The molecule has 3 N–H and O–H groups in total. The van der Waals surface area contributed by atoms with Crippen LogP contribution in [0.2, 0.25) is 0 Å². The molecule has 0 amide bonds. The molecule has 0 spiro atoms. The number of pyridine rings is 1. The van der Waals surface area contributed by atoms with Crippen molar-refractivity contribution in [1.29, 1.82) is 0 Å². The Morgan fingerprint density at radius 2 is 1.74 bits per heavy atom. The van der Waals surface area contributed by atoms with Gasteiger partial charge in [0.15, 0.2) is 0 Å². The number of nitrogens with zero attached hydrogens (tertiary/aromatic N) is 3. The molecular formula is C24H31F3N4O6S2. The van der Waals surface area contributed by atoms with Crippen molar-refractivity contribution < 1.29 is 41.4 Å². The number of piperidine rings is 2. The molecule has 0 unspecified atom stereocenters. The van der Waals surface area contributed by atoms with Crippen molar-refractivity contribution in [3.8, 4) is 0 Å². The molecule has 2 aromatic rings. The SMILES string of the molecule is O=C(O)C(F)(F)F.O=C(O)c1cc(NS(=O)(=O)c2cccs2)cnc1N1CCC(CCN2CCCCC2)CC1. The quantitative estimate of drug-likeness (QED) is 0.408. The van der Waals surface area contributed by atoms with Gasteiger partial charge < -0.3 is 20.0 Å². The molecule has 2 fully saturated rings. The summed E-state index contributed by atoms with van der Waals surface area (Å²) in [5.74, 6) is -2.81. The second-order valence-corrected chi connectivity index (χ2v) is 12.2. The van der Waals surface area contributed by atoms with Crippen LogP contribution in [-0.2, 0) is 14.8 Å². The van der Waals surface area contributed by atoms with Gasteiger partial charge in [0.05, 0.1) is 11.9 Å². The molecule has 2 saturated heterocycles. The second-order valence-electron chi connectivity index (χ2n) is 9.36. The van der Waals surface area contributed by atoms with E-state index in [0.717, 1.165) is 43.8 Å². The highest BCUT2D eigenvalue weighted by molar-refractivity contribution is 7.94. The Hall–Kier alpha value is -2.91. The lowest BCUT2D eigenvalue weighted by atomic mass is 9.93. The van der Waals surface area contributed by atoms with Gasteiger partial charge in [0.25, 0.3) is 10.0 Å². The normalized spacial score (nSPS) is 17.3. The molecule has 0 aliphatic carbocycles. The van der Waals surface area contributed by atoms with Crippen molar-refractivity contribution in [1.82, 2.24) is 9.88 Å². The minimum Gasteiger partial charge on any atom is -0.478 e. The van der Waals surface area contributed by atoms with Crippen molar-refractivity contribution >= 4 is 44.8 Å². The van der Waals surface area contributed by atoms with E-state index in [1.54, 1.807) is 11.4 Å². The van der Waals surface area contributed by atoms with Gasteiger partial charge in [-0.05, 0) is 75.2 Å². The van der Waals surface area contributed by atoms with Gasteiger partial charge in [0.2, 0.25) is 0 Å². The first-order chi connectivity index (χ1) is 18.4. The molecule has 10 nitrogen and oxygen atoms in total. The number of carbonyl (C=O) groups is 2. The van der Waals surface area contributed by atoms with Gasteiger partial charge in [-0.25, -0.2) is 23.0 Å². The number of carboxylic acids is 2. The molecule has 0 saturated carbocycles. The average Bonchev–Trinajstić information content (AvgIpc) is 3.44. The van der Waals surface area contributed by atoms with E-state index in [4.69, 9.17) is 9.90 Å². The summed E-state index contributed by atoms with van der Waals surface area (Å²) in [5, 5.41) is 18.5. The Morgan fingerprint density at radius 3 is 2.28 bits per heavy atom. The Kier molecular flexibility index (Phi) is 10.6. The van der Waals surface area contributed by atoms with Gasteiger partial charge >= 0.3 is 18.1 Å². The lowest BCUT2D eigenvalue weighted by molar-refractivity contribution is -0.192. The smallest absolute Gasteiger partial charge is 0.478 e. The number of likely N-dealkylation sites (tertiary alicyclic amines) is 1. The number of halogens is 3. The van der Waals surface area contributed by atoms with Crippen molar-refractivity contribution in [2.75, 3.05) is 42.3 Å². The third-order valence-corrected chi connectivity index (χ3v) is 9.35. The number of thiophene rings is 1. The summed E-state index contributed by atoms with van der Waals surface area (Å²) < 4.78 is 59.2. The molecule has 0 aromatic carbocycles.